The maximum absolute atomic E-state index is 10.5. The van der Waals surface area contributed by atoms with Crippen molar-refractivity contribution in [3.8, 4) is 0 Å². The molecular weight excluding hydrogens is 128 g/mol. The number of hydrogen-bond acceptors (Lipinski definition) is 1. The molecule has 2 N–H and O–H groups in total. The summed E-state index contributed by atoms with van der Waals surface area (Å²) in [5.74, 6) is 0.720. The van der Waals surface area contributed by atoms with Gasteiger partial charge in [0.2, 0.25) is 0 Å². The second-order valence-electron chi connectivity index (χ2n) is 2.90. The molecule has 0 atom stereocenters. The second kappa shape index (κ2) is 2.90. The summed E-state index contributed by atoms with van der Waals surface area (Å²) in [6.07, 6.45) is 2.43. The zero-order valence-electron chi connectivity index (χ0n) is 6.34. The lowest BCUT2D eigenvalue weighted by atomic mass is 9.96. The smallest absolute Gasteiger partial charge is 0.314 e. The van der Waals surface area contributed by atoms with Crippen molar-refractivity contribution in [3.63, 3.8) is 0 Å². The minimum Gasteiger partial charge on any atom is -0.351 e. The second-order valence-corrected chi connectivity index (χ2v) is 2.90. The first kappa shape index (κ1) is 7.38. The lowest BCUT2D eigenvalue weighted by Gasteiger charge is -2.37. The van der Waals surface area contributed by atoms with Gasteiger partial charge in [-0.15, -0.1) is 0 Å². The highest BCUT2D eigenvalue weighted by atomic mass is 16.2. The van der Waals surface area contributed by atoms with Gasteiger partial charge in [0.1, 0.15) is 0 Å². The van der Waals surface area contributed by atoms with Crippen molar-refractivity contribution >= 4 is 6.03 Å². The van der Waals surface area contributed by atoms with E-state index >= 15 is 0 Å². The maximum atomic E-state index is 10.5. The summed E-state index contributed by atoms with van der Waals surface area (Å²) in [4.78, 5) is 12.2. The van der Waals surface area contributed by atoms with Crippen LogP contribution in [-0.2, 0) is 0 Å². The number of rotatable bonds is 2. The third-order valence-corrected chi connectivity index (χ3v) is 1.97. The average Bonchev–Trinajstić information content (AvgIpc) is 1.76. The van der Waals surface area contributed by atoms with Crippen molar-refractivity contribution in [2.45, 2.75) is 19.8 Å². The minimum absolute atomic E-state index is 0.271. The van der Waals surface area contributed by atoms with Crippen molar-refractivity contribution in [1.29, 1.82) is 0 Å². The molecule has 0 spiro atoms. The third-order valence-electron chi connectivity index (χ3n) is 1.97. The molecule has 1 aliphatic heterocycles. The van der Waals surface area contributed by atoms with Gasteiger partial charge >= 0.3 is 6.03 Å². The lowest BCUT2D eigenvalue weighted by Crippen LogP contribution is -2.52. The van der Waals surface area contributed by atoms with Crippen molar-refractivity contribution < 1.29 is 4.79 Å². The van der Waals surface area contributed by atoms with Crippen LogP contribution in [0.2, 0.25) is 0 Å². The van der Waals surface area contributed by atoms with E-state index in [0.29, 0.717) is 0 Å². The van der Waals surface area contributed by atoms with Crippen LogP contribution >= 0.6 is 0 Å². The van der Waals surface area contributed by atoms with Gasteiger partial charge in [0.15, 0.2) is 0 Å². The molecule has 1 heterocycles. The fourth-order valence-electron chi connectivity index (χ4n) is 1.34. The predicted molar refractivity (Wildman–Crippen MR) is 39.6 cm³/mol. The number of carbonyl (C=O) groups excluding carboxylic acids is 1. The molecule has 0 aliphatic carbocycles. The van der Waals surface area contributed by atoms with E-state index in [4.69, 9.17) is 5.73 Å². The molecule has 0 radical (unpaired) electrons. The Bertz CT molecular complexity index is 130. The number of nitrogens with two attached hydrogens (primary N) is 1. The fourth-order valence-corrected chi connectivity index (χ4v) is 1.34. The monoisotopic (exact) mass is 142 g/mol. The first-order chi connectivity index (χ1) is 4.74. The van der Waals surface area contributed by atoms with E-state index in [2.05, 4.69) is 6.92 Å². The van der Waals surface area contributed by atoms with Gasteiger partial charge in [0, 0.05) is 13.1 Å². The van der Waals surface area contributed by atoms with Crippen LogP contribution in [0.15, 0.2) is 0 Å². The van der Waals surface area contributed by atoms with Gasteiger partial charge in [-0.1, -0.05) is 13.3 Å². The van der Waals surface area contributed by atoms with E-state index < -0.39 is 0 Å². The molecule has 58 valence electrons. The molecule has 0 aromatic heterocycles. The molecule has 3 nitrogen and oxygen atoms in total. The molecule has 0 saturated carbocycles. The molecule has 3 heteroatoms. The number of nitrogens with zero attached hydrogens (tertiary/aromatic N) is 1. The van der Waals surface area contributed by atoms with Crippen LogP contribution in [0, 0.1) is 5.92 Å². The van der Waals surface area contributed by atoms with E-state index in [9.17, 15) is 4.79 Å². The summed E-state index contributed by atoms with van der Waals surface area (Å²) >= 11 is 0. The SMILES string of the molecule is CCCC1CN(C(N)=O)C1. The van der Waals surface area contributed by atoms with Crippen LogP contribution in [-0.4, -0.2) is 24.0 Å². The van der Waals surface area contributed by atoms with Crippen LogP contribution in [0.4, 0.5) is 4.79 Å². The van der Waals surface area contributed by atoms with Crippen LogP contribution in [0.25, 0.3) is 0 Å². The standard InChI is InChI=1S/C7H14N2O/c1-2-3-6-4-9(5-6)7(8)10/h6H,2-5H2,1H3,(H2,8,10). The Hall–Kier alpha value is -0.730. The van der Waals surface area contributed by atoms with Gasteiger partial charge < -0.3 is 10.6 Å². The van der Waals surface area contributed by atoms with Crippen molar-refractivity contribution in [1.82, 2.24) is 4.90 Å². The molecule has 0 bridgehead atoms. The maximum Gasteiger partial charge on any atom is 0.314 e. The summed E-state index contributed by atoms with van der Waals surface area (Å²) in [7, 11) is 0. The summed E-state index contributed by atoms with van der Waals surface area (Å²) in [5, 5.41) is 0. The Morgan fingerprint density at radius 1 is 1.70 bits per heavy atom. The quantitative estimate of drug-likeness (QED) is 0.609. The molecule has 2 amide bonds. The Labute approximate surface area is 61.2 Å². The lowest BCUT2D eigenvalue weighted by molar-refractivity contribution is 0.122. The van der Waals surface area contributed by atoms with Gasteiger partial charge in [-0.3, -0.25) is 0 Å². The van der Waals surface area contributed by atoms with Crippen molar-refractivity contribution in [2.24, 2.45) is 11.7 Å². The topological polar surface area (TPSA) is 46.3 Å². The Morgan fingerprint density at radius 3 is 2.70 bits per heavy atom. The normalized spacial score (nSPS) is 18.7. The van der Waals surface area contributed by atoms with E-state index in [1.54, 1.807) is 4.90 Å². The summed E-state index contributed by atoms with van der Waals surface area (Å²) in [6.45, 7) is 3.92. The number of urea groups is 1. The number of carbonyl (C=O) groups is 1. The zero-order valence-corrected chi connectivity index (χ0v) is 6.34. The summed E-state index contributed by atoms with van der Waals surface area (Å²) in [6, 6.07) is -0.271. The van der Waals surface area contributed by atoms with Gasteiger partial charge in [-0.05, 0) is 12.3 Å². The molecular formula is C7H14N2O. The van der Waals surface area contributed by atoms with Gasteiger partial charge in [-0.2, -0.15) is 0 Å². The molecule has 1 aliphatic rings. The average molecular weight is 142 g/mol. The highest BCUT2D eigenvalue weighted by molar-refractivity contribution is 5.72. The van der Waals surface area contributed by atoms with E-state index in [1.165, 1.54) is 12.8 Å². The van der Waals surface area contributed by atoms with E-state index in [0.717, 1.165) is 19.0 Å². The molecule has 0 aromatic carbocycles. The van der Waals surface area contributed by atoms with Crippen molar-refractivity contribution in [3.05, 3.63) is 0 Å². The third kappa shape index (κ3) is 1.40. The molecule has 1 saturated heterocycles. The Balaban J connectivity index is 2.12. The van der Waals surface area contributed by atoms with Crippen LogP contribution in [0.3, 0.4) is 0 Å². The van der Waals surface area contributed by atoms with E-state index in [1.807, 2.05) is 0 Å². The first-order valence-electron chi connectivity index (χ1n) is 3.78. The number of hydrogen-bond donors (Lipinski definition) is 1. The zero-order chi connectivity index (χ0) is 7.56. The summed E-state index contributed by atoms with van der Waals surface area (Å²) in [5.41, 5.74) is 5.04. The van der Waals surface area contributed by atoms with Gasteiger partial charge in [0.25, 0.3) is 0 Å². The van der Waals surface area contributed by atoms with Crippen molar-refractivity contribution in [2.75, 3.05) is 13.1 Å². The Morgan fingerprint density at radius 2 is 2.30 bits per heavy atom. The van der Waals surface area contributed by atoms with Crippen LogP contribution in [0.1, 0.15) is 19.8 Å². The Kier molecular flexibility index (Phi) is 2.14. The molecule has 0 aromatic rings. The van der Waals surface area contributed by atoms with E-state index in [-0.39, 0.29) is 6.03 Å². The minimum atomic E-state index is -0.271. The van der Waals surface area contributed by atoms with Gasteiger partial charge in [0.05, 0.1) is 0 Å². The number of primary amides is 1. The highest BCUT2D eigenvalue weighted by Crippen LogP contribution is 2.19. The largest absolute Gasteiger partial charge is 0.351 e. The number of amides is 2. The highest BCUT2D eigenvalue weighted by Gasteiger charge is 2.27. The molecule has 0 unspecified atom stereocenters. The molecule has 10 heavy (non-hydrogen) atoms. The first-order valence-corrected chi connectivity index (χ1v) is 3.78. The van der Waals surface area contributed by atoms with Crippen LogP contribution in [0.5, 0.6) is 0 Å². The molecule has 1 rings (SSSR count). The number of likely N-dealkylation sites (tertiary alicyclic amines) is 1. The van der Waals surface area contributed by atoms with Gasteiger partial charge in [-0.25, -0.2) is 4.79 Å². The van der Waals surface area contributed by atoms with Crippen LogP contribution < -0.4 is 5.73 Å². The summed E-state index contributed by atoms with van der Waals surface area (Å²) < 4.78 is 0. The fraction of sp³-hybridized carbons (Fsp3) is 0.857. The molecule has 1 fully saturated rings. The predicted octanol–water partition coefficient (Wildman–Crippen LogP) is 0.797.